The fourth-order valence-corrected chi connectivity index (χ4v) is 3.90. The second-order valence-electron chi connectivity index (χ2n) is 7.00. The monoisotopic (exact) mass is 367 g/mol. The van der Waals surface area contributed by atoms with Crippen molar-refractivity contribution in [1.82, 2.24) is 4.98 Å². The van der Waals surface area contributed by atoms with Crippen LogP contribution in [0.1, 0.15) is 42.0 Å². The zero-order valence-corrected chi connectivity index (χ0v) is 16.2. The Bertz CT molecular complexity index is 790. The molecule has 2 aliphatic rings. The van der Waals surface area contributed by atoms with Crippen LogP contribution in [0, 0.1) is 5.92 Å². The fraction of sp³-hybridized carbons (Fsp3) is 0.409. The topological polar surface area (TPSA) is 31.4 Å². The van der Waals surface area contributed by atoms with Gasteiger partial charge in [0.05, 0.1) is 19.4 Å². The van der Waals surface area contributed by atoms with Gasteiger partial charge in [0.15, 0.2) is 0 Å². The molecule has 0 radical (unpaired) electrons. The molecule has 26 heavy (non-hydrogen) atoms. The van der Waals surface area contributed by atoms with Crippen LogP contribution in [0.25, 0.3) is 5.57 Å². The molecule has 1 unspecified atom stereocenters. The highest BCUT2D eigenvalue weighted by molar-refractivity contribution is 7.98. The lowest BCUT2D eigenvalue weighted by Crippen LogP contribution is -2.02. The van der Waals surface area contributed by atoms with Gasteiger partial charge in [-0.2, -0.15) is 0 Å². The van der Waals surface area contributed by atoms with E-state index in [0.717, 1.165) is 31.2 Å². The van der Waals surface area contributed by atoms with Gasteiger partial charge in [0, 0.05) is 28.6 Å². The van der Waals surface area contributed by atoms with Crippen LogP contribution >= 0.6 is 11.8 Å². The molecule has 2 aromatic rings. The Hall–Kier alpha value is -1.78. The van der Waals surface area contributed by atoms with E-state index in [1.165, 1.54) is 34.4 Å². The fourth-order valence-electron chi connectivity index (χ4n) is 3.49. The normalized spacial score (nSPS) is 20.4. The van der Waals surface area contributed by atoms with E-state index in [1.54, 1.807) is 18.9 Å². The van der Waals surface area contributed by atoms with Crippen molar-refractivity contribution in [2.45, 2.75) is 30.1 Å². The van der Waals surface area contributed by atoms with Gasteiger partial charge in [-0.1, -0.05) is 24.3 Å². The summed E-state index contributed by atoms with van der Waals surface area (Å²) in [6.07, 6.45) is 8.00. The highest BCUT2D eigenvalue weighted by Gasteiger charge is 2.28. The third-order valence-electron chi connectivity index (χ3n) is 5.14. The summed E-state index contributed by atoms with van der Waals surface area (Å²) in [5.41, 5.74) is 4.60. The van der Waals surface area contributed by atoms with Gasteiger partial charge < -0.3 is 9.47 Å². The Morgan fingerprint density at radius 1 is 1.15 bits per heavy atom. The lowest BCUT2D eigenvalue weighted by Gasteiger charge is -2.14. The van der Waals surface area contributed by atoms with E-state index in [1.807, 2.05) is 0 Å². The molecule has 1 aliphatic heterocycles. The molecule has 1 aromatic heterocycles. The minimum Gasteiger partial charge on any atom is -0.481 e. The van der Waals surface area contributed by atoms with E-state index in [9.17, 15) is 0 Å². The second-order valence-corrected chi connectivity index (χ2v) is 7.88. The minimum atomic E-state index is 0.445. The SMILES string of the molecule is COc1nc(/C(=C\C2CCOC2)c2ccc(SC)cc2)ccc1C1CC1. The van der Waals surface area contributed by atoms with Crippen LogP contribution < -0.4 is 4.74 Å². The van der Waals surface area contributed by atoms with Crippen molar-refractivity contribution in [2.75, 3.05) is 26.6 Å². The van der Waals surface area contributed by atoms with Gasteiger partial charge in [-0.3, -0.25) is 0 Å². The molecule has 1 atom stereocenters. The minimum absolute atomic E-state index is 0.445. The Balaban J connectivity index is 1.74. The zero-order valence-electron chi connectivity index (χ0n) is 15.4. The maximum Gasteiger partial charge on any atom is 0.217 e. The largest absolute Gasteiger partial charge is 0.481 e. The molecule has 0 spiro atoms. The molecule has 4 rings (SSSR count). The van der Waals surface area contributed by atoms with Crippen LogP contribution in [-0.4, -0.2) is 31.6 Å². The van der Waals surface area contributed by atoms with E-state index in [0.29, 0.717) is 11.8 Å². The molecule has 1 aliphatic carbocycles. The first-order valence-corrected chi connectivity index (χ1v) is 10.5. The lowest BCUT2D eigenvalue weighted by molar-refractivity contribution is 0.191. The first-order chi connectivity index (χ1) is 12.8. The second kappa shape index (κ2) is 7.85. The maximum absolute atomic E-state index is 5.61. The standard InChI is InChI=1S/C22H25NO2S/c1-24-22-19(16-3-4-16)9-10-21(23-22)20(13-15-11-12-25-14-15)17-5-7-18(26-2)8-6-17/h5-10,13,15-16H,3-4,11-12,14H2,1-2H3/b20-13-. The number of nitrogens with zero attached hydrogens (tertiary/aromatic N) is 1. The molecule has 2 fully saturated rings. The predicted octanol–water partition coefficient (Wildman–Crippen LogP) is 5.16. The lowest BCUT2D eigenvalue weighted by atomic mass is 9.96. The number of pyridine rings is 1. The summed E-state index contributed by atoms with van der Waals surface area (Å²) in [6.45, 7) is 1.64. The first kappa shape index (κ1) is 17.6. The van der Waals surface area contributed by atoms with Crippen molar-refractivity contribution in [2.24, 2.45) is 5.92 Å². The molecule has 0 N–H and O–H groups in total. The molecule has 1 aromatic carbocycles. The van der Waals surface area contributed by atoms with Crippen LogP contribution in [-0.2, 0) is 4.74 Å². The number of thioether (sulfide) groups is 1. The number of hydrogen-bond acceptors (Lipinski definition) is 4. The van der Waals surface area contributed by atoms with Crippen molar-refractivity contribution in [1.29, 1.82) is 0 Å². The average molecular weight is 368 g/mol. The number of hydrogen-bond donors (Lipinski definition) is 0. The average Bonchev–Trinajstić information content (AvgIpc) is 3.41. The Morgan fingerprint density at radius 2 is 1.96 bits per heavy atom. The van der Waals surface area contributed by atoms with Crippen molar-refractivity contribution < 1.29 is 9.47 Å². The molecule has 2 heterocycles. The summed E-state index contributed by atoms with van der Waals surface area (Å²) in [6, 6.07) is 13.1. The third-order valence-corrected chi connectivity index (χ3v) is 5.89. The molecule has 136 valence electrons. The predicted molar refractivity (Wildman–Crippen MR) is 107 cm³/mol. The van der Waals surface area contributed by atoms with E-state index >= 15 is 0 Å². The number of benzene rings is 1. The summed E-state index contributed by atoms with van der Waals surface area (Å²) < 4.78 is 11.2. The molecule has 0 bridgehead atoms. The molecular weight excluding hydrogens is 342 g/mol. The summed E-state index contributed by atoms with van der Waals surface area (Å²) in [5, 5.41) is 0. The first-order valence-electron chi connectivity index (χ1n) is 9.28. The van der Waals surface area contributed by atoms with Gasteiger partial charge in [0.2, 0.25) is 5.88 Å². The van der Waals surface area contributed by atoms with Gasteiger partial charge in [-0.25, -0.2) is 4.98 Å². The summed E-state index contributed by atoms with van der Waals surface area (Å²) in [5.74, 6) is 1.85. The maximum atomic E-state index is 5.61. The van der Waals surface area contributed by atoms with Crippen molar-refractivity contribution in [3.63, 3.8) is 0 Å². The highest BCUT2D eigenvalue weighted by atomic mass is 32.2. The van der Waals surface area contributed by atoms with E-state index in [2.05, 4.69) is 48.7 Å². The van der Waals surface area contributed by atoms with Crippen molar-refractivity contribution >= 4 is 17.3 Å². The summed E-state index contributed by atoms with van der Waals surface area (Å²) >= 11 is 1.76. The Morgan fingerprint density at radius 3 is 2.58 bits per heavy atom. The number of ether oxygens (including phenoxy) is 2. The van der Waals surface area contributed by atoms with E-state index in [-0.39, 0.29) is 0 Å². The van der Waals surface area contributed by atoms with Crippen LogP contribution in [0.15, 0.2) is 47.4 Å². The molecule has 1 saturated heterocycles. The third kappa shape index (κ3) is 3.81. The van der Waals surface area contributed by atoms with Crippen LogP contribution in [0.2, 0.25) is 0 Å². The quantitative estimate of drug-likeness (QED) is 0.660. The zero-order chi connectivity index (χ0) is 17.9. The van der Waals surface area contributed by atoms with Crippen LogP contribution in [0.5, 0.6) is 5.88 Å². The molecule has 3 nitrogen and oxygen atoms in total. The Labute approximate surface area is 159 Å². The smallest absolute Gasteiger partial charge is 0.217 e. The number of methoxy groups -OCH3 is 1. The highest BCUT2D eigenvalue weighted by Crippen LogP contribution is 2.44. The van der Waals surface area contributed by atoms with E-state index in [4.69, 9.17) is 14.5 Å². The molecule has 1 saturated carbocycles. The van der Waals surface area contributed by atoms with Crippen LogP contribution in [0.3, 0.4) is 0 Å². The van der Waals surface area contributed by atoms with E-state index < -0.39 is 0 Å². The summed E-state index contributed by atoms with van der Waals surface area (Å²) in [4.78, 5) is 6.15. The number of aromatic nitrogens is 1. The molecule has 0 amide bonds. The van der Waals surface area contributed by atoms with Gasteiger partial charge in [-0.05, 0) is 55.2 Å². The van der Waals surface area contributed by atoms with Gasteiger partial charge in [-0.15, -0.1) is 11.8 Å². The van der Waals surface area contributed by atoms with Crippen molar-refractivity contribution in [3.8, 4) is 5.88 Å². The van der Waals surface area contributed by atoms with Gasteiger partial charge in [0.25, 0.3) is 0 Å². The van der Waals surface area contributed by atoms with Crippen LogP contribution in [0.4, 0.5) is 0 Å². The Kier molecular flexibility index (Phi) is 5.32. The number of rotatable bonds is 6. The van der Waals surface area contributed by atoms with Gasteiger partial charge in [0.1, 0.15) is 0 Å². The summed E-state index contributed by atoms with van der Waals surface area (Å²) in [7, 11) is 1.72. The van der Waals surface area contributed by atoms with Gasteiger partial charge >= 0.3 is 0 Å². The molecular formula is C22H25NO2S. The van der Waals surface area contributed by atoms with Crippen molar-refractivity contribution in [3.05, 3.63) is 59.3 Å². The molecule has 4 heteroatoms.